The van der Waals surface area contributed by atoms with Crippen molar-refractivity contribution >= 4 is 17.2 Å². The second-order valence-electron chi connectivity index (χ2n) is 5.12. The van der Waals surface area contributed by atoms with Crippen molar-refractivity contribution in [2.75, 3.05) is 13.1 Å². The second kappa shape index (κ2) is 5.85. The lowest BCUT2D eigenvalue weighted by Gasteiger charge is -2.30. The van der Waals surface area contributed by atoms with Crippen LogP contribution in [0.1, 0.15) is 40.4 Å². The highest BCUT2D eigenvalue weighted by atomic mass is 32.1. The molecule has 2 unspecified atom stereocenters. The van der Waals surface area contributed by atoms with Gasteiger partial charge in [-0.15, -0.1) is 11.3 Å². The van der Waals surface area contributed by atoms with E-state index < -0.39 is 0 Å². The number of piperidine rings is 1. The summed E-state index contributed by atoms with van der Waals surface area (Å²) >= 11 is 1.63. The third kappa shape index (κ3) is 2.93. The number of hydrogen-bond acceptors (Lipinski definition) is 3. The van der Waals surface area contributed by atoms with Crippen molar-refractivity contribution in [1.29, 1.82) is 0 Å². The Hall–Kier alpha value is -0.870. The molecular weight excluding hydrogens is 244 g/mol. The standard InChI is InChI=1S/C14H22N2OS/c1-4-12-9(2)7-13(18-12)14(17)16-11-5-6-15-8-10(11)3/h7,10-11,15H,4-6,8H2,1-3H3,(H,16,17). The maximum atomic E-state index is 12.2. The molecule has 2 heterocycles. The van der Waals surface area contributed by atoms with E-state index in [9.17, 15) is 4.79 Å². The lowest BCUT2D eigenvalue weighted by atomic mass is 9.95. The number of aryl methyl sites for hydroxylation is 2. The maximum absolute atomic E-state index is 12.2. The molecule has 1 aliphatic rings. The minimum Gasteiger partial charge on any atom is -0.348 e. The first kappa shape index (κ1) is 13.6. The van der Waals surface area contributed by atoms with Crippen LogP contribution in [0.2, 0.25) is 0 Å². The Morgan fingerprint density at radius 1 is 1.61 bits per heavy atom. The summed E-state index contributed by atoms with van der Waals surface area (Å²) in [5, 5.41) is 6.53. The van der Waals surface area contributed by atoms with Crippen molar-refractivity contribution in [3.8, 4) is 0 Å². The summed E-state index contributed by atoms with van der Waals surface area (Å²) in [5.41, 5.74) is 1.24. The van der Waals surface area contributed by atoms with Gasteiger partial charge in [0.15, 0.2) is 0 Å². The first-order chi connectivity index (χ1) is 8.61. The summed E-state index contributed by atoms with van der Waals surface area (Å²) in [4.78, 5) is 14.4. The van der Waals surface area contributed by atoms with Crippen LogP contribution in [0.3, 0.4) is 0 Å². The molecule has 18 heavy (non-hydrogen) atoms. The fraction of sp³-hybridized carbons (Fsp3) is 0.643. The van der Waals surface area contributed by atoms with Gasteiger partial charge in [0, 0.05) is 10.9 Å². The Morgan fingerprint density at radius 3 is 3.00 bits per heavy atom. The van der Waals surface area contributed by atoms with Gasteiger partial charge in [0.25, 0.3) is 5.91 Å². The first-order valence-electron chi connectivity index (χ1n) is 6.72. The van der Waals surface area contributed by atoms with Gasteiger partial charge in [-0.3, -0.25) is 4.79 Å². The zero-order valence-electron chi connectivity index (χ0n) is 11.4. The average Bonchev–Trinajstić information content (AvgIpc) is 2.73. The van der Waals surface area contributed by atoms with E-state index in [0.717, 1.165) is 30.8 Å². The van der Waals surface area contributed by atoms with Crippen LogP contribution in [0.5, 0.6) is 0 Å². The summed E-state index contributed by atoms with van der Waals surface area (Å²) in [6, 6.07) is 2.33. The van der Waals surface area contributed by atoms with Crippen LogP contribution >= 0.6 is 11.3 Å². The first-order valence-corrected chi connectivity index (χ1v) is 7.54. The number of hydrogen-bond donors (Lipinski definition) is 2. The Morgan fingerprint density at radius 2 is 2.39 bits per heavy atom. The maximum Gasteiger partial charge on any atom is 0.261 e. The fourth-order valence-corrected chi connectivity index (χ4v) is 3.47. The molecule has 0 aromatic carbocycles. The van der Waals surface area contributed by atoms with Gasteiger partial charge in [0.1, 0.15) is 0 Å². The fourth-order valence-electron chi connectivity index (χ4n) is 2.45. The molecule has 2 atom stereocenters. The van der Waals surface area contributed by atoms with Gasteiger partial charge in [-0.2, -0.15) is 0 Å². The third-order valence-electron chi connectivity index (χ3n) is 3.67. The highest BCUT2D eigenvalue weighted by molar-refractivity contribution is 7.14. The van der Waals surface area contributed by atoms with E-state index in [-0.39, 0.29) is 5.91 Å². The second-order valence-corrected chi connectivity index (χ2v) is 6.26. The number of carbonyl (C=O) groups is 1. The number of nitrogens with one attached hydrogen (secondary N) is 2. The molecule has 1 aromatic rings. The summed E-state index contributed by atoms with van der Waals surface area (Å²) < 4.78 is 0. The molecule has 1 aliphatic heterocycles. The predicted octanol–water partition coefficient (Wildman–Crippen LogP) is 2.35. The molecule has 1 fully saturated rings. The summed E-state index contributed by atoms with van der Waals surface area (Å²) in [5.74, 6) is 0.607. The molecule has 1 amide bonds. The SMILES string of the molecule is CCc1sc(C(=O)NC2CCNCC2C)cc1C. The zero-order valence-corrected chi connectivity index (χ0v) is 12.2. The largest absolute Gasteiger partial charge is 0.348 e. The topological polar surface area (TPSA) is 41.1 Å². The van der Waals surface area contributed by atoms with E-state index in [1.165, 1.54) is 10.4 Å². The lowest BCUT2D eigenvalue weighted by Crippen LogP contribution is -2.48. The number of rotatable bonds is 3. The van der Waals surface area contributed by atoms with Gasteiger partial charge < -0.3 is 10.6 Å². The molecule has 0 spiro atoms. The molecule has 1 aromatic heterocycles. The minimum absolute atomic E-state index is 0.0987. The molecule has 0 aliphatic carbocycles. The molecule has 0 radical (unpaired) electrons. The van der Waals surface area contributed by atoms with Gasteiger partial charge >= 0.3 is 0 Å². The van der Waals surface area contributed by atoms with Crippen LogP contribution < -0.4 is 10.6 Å². The summed E-state index contributed by atoms with van der Waals surface area (Å²) in [6.07, 6.45) is 2.03. The van der Waals surface area contributed by atoms with Crippen molar-refractivity contribution in [3.63, 3.8) is 0 Å². The van der Waals surface area contributed by atoms with Crippen LogP contribution in [0.4, 0.5) is 0 Å². The molecule has 1 saturated heterocycles. The molecule has 3 nitrogen and oxygen atoms in total. The van der Waals surface area contributed by atoms with Crippen LogP contribution in [0, 0.1) is 12.8 Å². The van der Waals surface area contributed by atoms with Gasteiger partial charge in [-0.25, -0.2) is 0 Å². The van der Waals surface area contributed by atoms with Crippen molar-refractivity contribution in [1.82, 2.24) is 10.6 Å². The number of amides is 1. The number of carbonyl (C=O) groups excluding carboxylic acids is 1. The van der Waals surface area contributed by atoms with E-state index in [1.807, 2.05) is 6.07 Å². The van der Waals surface area contributed by atoms with Crippen molar-refractivity contribution in [2.24, 2.45) is 5.92 Å². The Labute approximate surface area is 113 Å². The molecule has 100 valence electrons. The Kier molecular flexibility index (Phi) is 4.40. The van der Waals surface area contributed by atoms with Gasteiger partial charge in [-0.05, 0) is 50.4 Å². The van der Waals surface area contributed by atoms with Crippen LogP contribution in [0.15, 0.2) is 6.07 Å². The molecule has 2 N–H and O–H groups in total. The van der Waals surface area contributed by atoms with E-state index in [4.69, 9.17) is 0 Å². The van der Waals surface area contributed by atoms with E-state index >= 15 is 0 Å². The van der Waals surface area contributed by atoms with E-state index in [2.05, 4.69) is 31.4 Å². The molecule has 2 rings (SSSR count). The molecular formula is C14H22N2OS. The van der Waals surface area contributed by atoms with Gasteiger partial charge in [-0.1, -0.05) is 13.8 Å². The minimum atomic E-state index is 0.0987. The van der Waals surface area contributed by atoms with Crippen molar-refractivity contribution in [2.45, 2.75) is 39.7 Å². The van der Waals surface area contributed by atoms with Crippen LogP contribution in [0.25, 0.3) is 0 Å². The summed E-state index contributed by atoms with van der Waals surface area (Å²) in [6.45, 7) is 8.40. The monoisotopic (exact) mass is 266 g/mol. The summed E-state index contributed by atoms with van der Waals surface area (Å²) in [7, 11) is 0. The Bertz CT molecular complexity index is 427. The highest BCUT2D eigenvalue weighted by Crippen LogP contribution is 2.23. The number of thiophene rings is 1. The van der Waals surface area contributed by atoms with E-state index in [1.54, 1.807) is 11.3 Å². The zero-order chi connectivity index (χ0) is 13.1. The normalized spacial score (nSPS) is 23.9. The molecule has 4 heteroatoms. The average molecular weight is 266 g/mol. The molecule has 0 saturated carbocycles. The highest BCUT2D eigenvalue weighted by Gasteiger charge is 2.23. The van der Waals surface area contributed by atoms with Crippen LogP contribution in [-0.4, -0.2) is 25.0 Å². The van der Waals surface area contributed by atoms with Gasteiger partial charge in [0.05, 0.1) is 4.88 Å². The third-order valence-corrected chi connectivity index (χ3v) is 5.05. The quantitative estimate of drug-likeness (QED) is 0.881. The smallest absolute Gasteiger partial charge is 0.261 e. The lowest BCUT2D eigenvalue weighted by molar-refractivity contribution is 0.0918. The van der Waals surface area contributed by atoms with Crippen molar-refractivity contribution in [3.05, 3.63) is 21.4 Å². The van der Waals surface area contributed by atoms with Gasteiger partial charge in [0.2, 0.25) is 0 Å². The Balaban J connectivity index is 2.02. The van der Waals surface area contributed by atoms with E-state index in [0.29, 0.717) is 12.0 Å². The molecule has 0 bridgehead atoms. The van der Waals surface area contributed by atoms with Crippen molar-refractivity contribution < 1.29 is 4.79 Å². The van der Waals surface area contributed by atoms with Crippen LogP contribution in [-0.2, 0) is 6.42 Å². The predicted molar refractivity (Wildman–Crippen MR) is 76.3 cm³/mol.